The number of hydrogen-bond donors (Lipinski definition) is 2. The van der Waals surface area contributed by atoms with Gasteiger partial charge in [-0.15, -0.1) is 11.3 Å². The zero-order chi connectivity index (χ0) is 30.6. The fraction of sp³-hybridized carbons (Fsp3) is 0.400. The molecule has 226 valence electrons. The molecule has 0 spiro atoms. The van der Waals surface area contributed by atoms with Gasteiger partial charge >= 0.3 is 5.97 Å². The van der Waals surface area contributed by atoms with Gasteiger partial charge in [0.15, 0.2) is 16.6 Å². The number of anilines is 1. The Kier molecular flexibility index (Phi) is 9.88. The number of thiazole rings is 1. The number of unbranched alkanes of at least 4 members (excludes halogenated alkanes) is 1. The fourth-order valence-electron chi connectivity index (χ4n) is 4.81. The van der Waals surface area contributed by atoms with E-state index in [-0.39, 0.29) is 27.8 Å². The zero-order valence-corrected chi connectivity index (χ0v) is 25.5. The van der Waals surface area contributed by atoms with Crippen LogP contribution in [0.5, 0.6) is 11.5 Å². The summed E-state index contributed by atoms with van der Waals surface area (Å²) in [4.78, 5) is 15.4. The summed E-state index contributed by atoms with van der Waals surface area (Å²) in [6.45, 7) is 6.77. The number of benzene rings is 2. The molecule has 1 aromatic heterocycles. The molecule has 1 aliphatic carbocycles. The predicted molar refractivity (Wildman–Crippen MR) is 159 cm³/mol. The van der Waals surface area contributed by atoms with Crippen molar-refractivity contribution in [2.24, 2.45) is 11.8 Å². The molecule has 0 bridgehead atoms. The van der Waals surface area contributed by atoms with Crippen LogP contribution in [-0.4, -0.2) is 38.2 Å². The first kappa shape index (κ1) is 31.4. The first-order valence-electron chi connectivity index (χ1n) is 13.7. The summed E-state index contributed by atoms with van der Waals surface area (Å²) < 4.78 is 69.8. The summed E-state index contributed by atoms with van der Waals surface area (Å²) in [5, 5.41) is 10.1. The van der Waals surface area contributed by atoms with E-state index in [1.54, 1.807) is 12.1 Å². The number of nitrogens with one attached hydrogen (secondary N) is 1. The zero-order valence-electron chi connectivity index (χ0n) is 23.9. The Morgan fingerprint density at radius 3 is 2.60 bits per heavy atom. The summed E-state index contributed by atoms with van der Waals surface area (Å²) in [5.41, 5.74) is 0.843. The van der Waals surface area contributed by atoms with Crippen molar-refractivity contribution in [1.29, 1.82) is 0 Å². The van der Waals surface area contributed by atoms with E-state index in [0.717, 1.165) is 61.1 Å². The van der Waals surface area contributed by atoms with Crippen molar-refractivity contribution in [3.8, 4) is 22.1 Å². The molecule has 2 aromatic carbocycles. The maximum atomic E-state index is 16.0. The Labute approximate surface area is 248 Å². The number of nitrogens with zero attached hydrogens (tertiary/aromatic N) is 1. The Hall–Kier alpha value is -3.51. The number of allylic oxidation sites excluding steroid dienone is 2. The van der Waals surface area contributed by atoms with Gasteiger partial charge in [-0.1, -0.05) is 39.3 Å². The molecule has 1 heterocycles. The average Bonchev–Trinajstić information content (AvgIpc) is 3.45. The summed E-state index contributed by atoms with van der Waals surface area (Å²) in [6, 6.07) is 4.98. The summed E-state index contributed by atoms with van der Waals surface area (Å²) in [6.07, 6.45) is 6.53. The summed E-state index contributed by atoms with van der Waals surface area (Å²) in [5.74, 6) is -2.21. The molecule has 0 fully saturated rings. The van der Waals surface area contributed by atoms with E-state index in [2.05, 4.69) is 29.6 Å². The van der Waals surface area contributed by atoms with Gasteiger partial charge in [-0.25, -0.2) is 18.6 Å². The van der Waals surface area contributed by atoms with Crippen LogP contribution in [0.4, 0.5) is 14.5 Å². The van der Waals surface area contributed by atoms with Crippen LogP contribution in [0, 0.1) is 23.5 Å². The second-order valence-electron chi connectivity index (χ2n) is 10.4. The smallest absolute Gasteiger partial charge is 0.338 e. The lowest BCUT2D eigenvalue weighted by Crippen LogP contribution is -2.15. The highest BCUT2D eigenvalue weighted by atomic mass is 32.2. The number of carboxylic acids is 1. The Balaban J connectivity index is 1.66. The first-order valence-corrected chi connectivity index (χ1v) is 16.1. The predicted octanol–water partition coefficient (Wildman–Crippen LogP) is 7.61. The number of aromatic nitrogens is 1. The molecule has 1 aliphatic rings. The SMILES string of the molecule is CCCCOc1c(C2=CCC(C(C)C)CC2)ccc(-c2nc(S(=O)(=O)Nc3cc(F)c(C(=O)O)cc3OC)cs2)c1F. The van der Waals surface area contributed by atoms with Gasteiger partial charge in [-0.3, -0.25) is 4.72 Å². The van der Waals surface area contributed by atoms with Crippen molar-refractivity contribution in [3.63, 3.8) is 0 Å². The molecule has 1 unspecified atom stereocenters. The number of hydrogen-bond acceptors (Lipinski definition) is 7. The van der Waals surface area contributed by atoms with Gasteiger partial charge in [0.2, 0.25) is 0 Å². The molecule has 0 amide bonds. The Morgan fingerprint density at radius 2 is 1.98 bits per heavy atom. The summed E-state index contributed by atoms with van der Waals surface area (Å²) >= 11 is 0.932. The highest BCUT2D eigenvalue weighted by Crippen LogP contribution is 2.42. The van der Waals surface area contributed by atoms with Crippen molar-refractivity contribution >= 4 is 38.6 Å². The highest BCUT2D eigenvalue weighted by molar-refractivity contribution is 7.92. The molecule has 0 saturated heterocycles. The van der Waals surface area contributed by atoms with Gasteiger partial charge in [-0.2, -0.15) is 8.42 Å². The molecule has 0 saturated carbocycles. The Morgan fingerprint density at radius 1 is 1.24 bits per heavy atom. The van der Waals surface area contributed by atoms with E-state index in [4.69, 9.17) is 14.6 Å². The van der Waals surface area contributed by atoms with Crippen molar-refractivity contribution < 1.29 is 36.6 Å². The number of carbonyl (C=O) groups is 1. The van der Waals surface area contributed by atoms with E-state index >= 15 is 4.39 Å². The number of methoxy groups -OCH3 is 1. The molecule has 0 aliphatic heterocycles. The molecule has 12 heteroatoms. The van der Waals surface area contributed by atoms with Crippen molar-refractivity contribution in [2.75, 3.05) is 18.4 Å². The lowest BCUT2D eigenvalue weighted by molar-refractivity contribution is 0.0691. The monoisotopic (exact) mass is 620 g/mol. The van der Waals surface area contributed by atoms with Crippen LogP contribution in [0.1, 0.15) is 68.8 Å². The van der Waals surface area contributed by atoms with E-state index in [9.17, 15) is 17.6 Å². The summed E-state index contributed by atoms with van der Waals surface area (Å²) in [7, 11) is -3.18. The van der Waals surface area contributed by atoms with E-state index < -0.39 is 38.2 Å². The third kappa shape index (κ3) is 6.75. The van der Waals surface area contributed by atoms with E-state index in [0.29, 0.717) is 24.0 Å². The largest absolute Gasteiger partial charge is 0.495 e. The molecule has 42 heavy (non-hydrogen) atoms. The first-order chi connectivity index (χ1) is 20.0. The van der Waals surface area contributed by atoms with Gasteiger partial charge < -0.3 is 14.6 Å². The molecular weight excluding hydrogens is 586 g/mol. The average molecular weight is 621 g/mol. The quantitative estimate of drug-likeness (QED) is 0.200. The van der Waals surface area contributed by atoms with Crippen LogP contribution in [-0.2, 0) is 10.0 Å². The number of carboxylic acid groups (broad SMARTS) is 1. The second-order valence-corrected chi connectivity index (χ2v) is 12.9. The lowest BCUT2D eigenvalue weighted by Gasteiger charge is -2.26. The molecule has 4 rings (SSSR count). The standard InChI is InChI=1S/C30H34F2N2O6S2/c1-5-6-13-40-28-20(19-9-7-18(8-10-19)17(2)3)11-12-21(27(28)32)29-33-26(16-41-29)42(37,38)34-24-15-23(31)22(30(35)36)14-25(24)39-4/h9,11-12,14-18,34H,5-8,10,13H2,1-4H3,(H,35,36). The van der Waals surface area contributed by atoms with Crippen molar-refractivity contribution in [3.05, 3.63) is 58.5 Å². The molecule has 1 atom stereocenters. The normalized spacial score (nSPS) is 15.4. The van der Waals surface area contributed by atoms with Gasteiger partial charge in [0, 0.05) is 17.0 Å². The van der Waals surface area contributed by atoms with Crippen LogP contribution in [0.25, 0.3) is 16.1 Å². The van der Waals surface area contributed by atoms with Gasteiger partial charge in [-0.05, 0) is 55.2 Å². The minimum absolute atomic E-state index is 0.0996. The maximum Gasteiger partial charge on any atom is 0.338 e. The van der Waals surface area contributed by atoms with Crippen LogP contribution < -0.4 is 14.2 Å². The van der Waals surface area contributed by atoms with Crippen LogP contribution in [0.3, 0.4) is 0 Å². The number of ether oxygens (including phenoxy) is 2. The molecule has 0 radical (unpaired) electrons. The third-order valence-corrected chi connectivity index (χ3v) is 9.61. The molecule has 3 aromatic rings. The topological polar surface area (TPSA) is 115 Å². The van der Waals surface area contributed by atoms with Crippen LogP contribution in [0.2, 0.25) is 0 Å². The van der Waals surface area contributed by atoms with Gasteiger partial charge in [0.1, 0.15) is 16.6 Å². The molecule has 8 nitrogen and oxygen atoms in total. The minimum Gasteiger partial charge on any atom is -0.495 e. The van der Waals surface area contributed by atoms with Crippen LogP contribution in [0.15, 0.2) is 40.7 Å². The number of sulfonamides is 1. The highest BCUT2D eigenvalue weighted by Gasteiger charge is 2.27. The number of aromatic carboxylic acids is 1. The third-order valence-electron chi connectivity index (χ3n) is 7.33. The maximum absolute atomic E-state index is 16.0. The Bertz CT molecular complexity index is 1600. The number of halogens is 2. The second kappa shape index (κ2) is 13.2. The van der Waals surface area contributed by atoms with Gasteiger partial charge in [0.05, 0.1) is 30.5 Å². The number of rotatable bonds is 12. The fourth-order valence-corrected chi connectivity index (χ4v) is 6.98. The van der Waals surface area contributed by atoms with Crippen LogP contribution >= 0.6 is 11.3 Å². The van der Waals surface area contributed by atoms with E-state index in [1.165, 1.54) is 12.5 Å². The minimum atomic E-state index is -4.37. The van der Waals surface area contributed by atoms with Crippen molar-refractivity contribution in [1.82, 2.24) is 4.98 Å². The van der Waals surface area contributed by atoms with E-state index in [1.807, 2.05) is 6.92 Å². The lowest BCUT2D eigenvalue weighted by atomic mass is 9.80. The van der Waals surface area contributed by atoms with Gasteiger partial charge in [0.25, 0.3) is 10.0 Å². The molecule has 2 N–H and O–H groups in total. The molecular formula is C30H34F2N2O6S2. The van der Waals surface area contributed by atoms with Crippen molar-refractivity contribution in [2.45, 2.75) is 57.9 Å².